The lowest BCUT2D eigenvalue weighted by molar-refractivity contribution is -0.123. The number of rotatable bonds is 5. The smallest absolute Gasteiger partial charge is 0.237 e. The Kier molecular flexibility index (Phi) is 6.11. The Labute approximate surface area is 148 Å². The van der Waals surface area contributed by atoms with Crippen LogP contribution in [-0.4, -0.2) is 54.2 Å². The van der Waals surface area contributed by atoms with Gasteiger partial charge in [-0.3, -0.25) is 9.69 Å². The summed E-state index contributed by atoms with van der Waals surface area (Å²) in [5, 5.41) is 16.4. The summed E-state index contributed by atoms with van der Waals surface area (Å²) in [5.74, 6) is 0.549. The van der Waals surface area contributed by atoms with E-state index >= 15 is 0 Å². The second kappa shape index (κ2) is 8.30. The van der Waals surface area contributed by atoms with Gasteiger partial charge in [0.25, 0.3) is 0 Å². The number of nitrogens with one attached hydrogen (secondary N) is 2. The minimum absolute atomic E-state index is 0.0186. The van der Waals surface area contributed by atoms with E-state index in [9.17, 15) is 9.90 Å². The zero-order valence-corrected chi connectivity index (χ0v) is 14.6. The topological polar surface area (TPSA) is 64.6 Å². The molecule has 0 aliphatic carbocycles. The van der Waals surface area contributed by atoms with Gasteiger partial charge in [0, 0.05) is 24.7 Å². The molecule has 0 spiro atoms. The molecular formula is C18H26ClN3O2. The van der Waals surface area contributed by atoms with Crippen LogP contribution in [-0.2, 0) is 11.3 Å². The summed E-state index contributed by atoms with van der Waals surface area (Å²) in [6.45, 7) is 4.20. The Bertz CT molecular complexity index is 561. The molecule has 0 aromatic heterocycles. The Morgan fingerprint density at radius 2 is 2.08 bits per heavy atom. The summed E-state index contributed by atoms with van der Waals surface area (Å²) >= 11 is 6.23. The van der Waals surface area contributed by atoms with Crippen LogP contribution in [0.25, 0.3) is 0 Å². The van der Waals surface area contributed by atoms with Crippen molar-refractivity contribution in [3.8, 4) is 0 Å². The Balaban J connectivity index is 1.38. The van der Waals surface area contributed by atoms with E-state index in [0.29, 0.717) is 18.9 Å². The number of hydrogen-bond acceptors (Lipinski definition) is 4. The predicted octanol–water partition coefficient (Wildman–Crippen LogP) is 1.39. The van der Waals surface area contributed by atoms with Crippen LogP contribution in [0.4, 0.5) is 0 Å². The molecule has 1 aromatic carbocycles. The molecule has 3 N–H and O–H groups in total. The maximum absolute atomic E-state index is 12.1. The zero-order chi connectivity index (χ0) is 16.9. The van der Waals surface area contributed by atoms with Crippen molar-refractivity contribution in [1.29, 1.82) is 0 Å². The molecule has 2 saturated heterocycles. The number of carbonyl (C=O) groups is 1. The number of hydrogen-bond donors (Lipinski definition) is 3. The average Bonchev–Trinajstić information content (AvgIpc) is 3.03. The lowest BCUT2D eigenvalue weighted by Gasteiger charge is -2.32. The maximum Gasteiger partial charge on any atom is 0.237 e. The van der Waals surface area contributed by atoms with Crippen LogP contribution in [0.3, 0.4) is 0 Å². The third-order valence-corrected chi connectivity index (χ3v) is 5.42. The number of likely N-dealkylation sites (tertiary alicyclic amines) is 1. The molecule has 0 unspecified atom stereocenters. The van der Waals surface area contributed by atoms with Crippen molar-refractivity contribution < 1.29 is 9.90 Å². The predicted molar refractivity (Wildman–Crippen MR) is 94.9 cm³/mol. The Morgan fingerprint density at radius 1 is 1.33 bits per heavy atom. The molecule has 1 aromatic rings. The quantitative estimate of drug-likeness (QED) is 0.750. The van der Waals surface area contributed by atoms with Crippen molar-refractivity contribution in [3.05, 3.63) is 34.9 Å². The van der Waals surface area contributed by atoms with Crippen LogP contribution in [0.1, 0.15) is 24.8 Å². The largest absolute Gasteiger partial charge is 0.392 e. The standard InChI is InChI=1S/C18H26ClN3O2/c19-16-4-2-1-3-14(16)12-22-7-5-13(6-8-22)10-21-18(24)17-9-15(23)11-20-17/h1-4,13,15,17,20,23H,5-12H2,(H,21,24)/t15-,17-/m0/s1. The van der Waals surface area contributed by atoms with E-state index in [1.54, 1.807) is 0 Å². The number of nitrogens with zero attached hydrogens (tertiary/aromatic N) is 1. The third-order valence-electron chi connectivity index (χ3n) is 5.05. The Morgan fingerprint density at radius 3 is 2.75 bits per heavy atom. The number of amides is 1. The summed E-state index contributed by atoms with van der Waals surface area (Å²) in [4.78, 5) is 14.5. The molecule has 2 heterocycles. The fourth-order valence-corrected chi connectivity index (χ4v) is 3.70. The number of aliphatic hydroxyl groups excluding tert-OH is 1. The molecule has 6 heteroatoms. The monoisotopic (exact) mass is 351 g/mol. The van der Waals surface area contributed by atoms with Gasteiger partial charge in [0.1, 0.15) is 0 Å². The molecule has 1 amide bonds. The van der Waals surface area contributed by atoms with Crippen LogP contribution in [0.2, 0.25) is 5.02 Å². The van der Waals surface area contributed by atoms with Crippen molar-refractivity contribution in [1.82, 2.24) is 15.5 Å². The molecule has 2 fully saturated rings. The van der Waals surface area contributed by atoms with Crippen LogP contribution < -0.4 is 10.6 Å². The molecule has 3 rings (SSSR count). The molecular weight excluding hydrogens is 326 g/mol. The molecule has 0 bridgehead atoms. The molecule has 132 valence electrons. The SMILES string of the molecule is O=C(NCC1CCN(Cc2ccccc2Cl)CC1)[C@@H]1C[C@H](O)CN1. The number of piperidine rings is 1. The van der Waals surface area contributed by atoms with Gasteiger partial charge >= 0.3 is 0 Å². The van der Waals surface area contributed by atoms with Gasteiger partial charge in [-0.2, -0.15) is 0 Å². The molecule has 0 saturated carbocycles. The van der Waals surface area contributed by atoms with Gasteiger partial charge in [-0.05, 0) is 49.9 Å². The van der Waals surface area contributed by atoms with Gasteiger partial charge in [0.2, 0.25) is 5.91 Å². The Hall–Kier alpha value is -1.14. The van der Waals surface area contributed by atoms with Gasteiger partial charge in [-0.1, -0.05) is 29.8 Å². The summed E-state index contributed by atoms with van der Waals surface area (Å²) in [6, 6.07) is 7.77. The number of halogens is 1. The number of carbonyl (C=O) groups excluding carboxylic acids is 1. The fraction of sp³-hybridized carbons (Fsp3) is 0.611. The van der Waals surface area contributed by atoms with E-state index in [0.717, 1.165) is 44.0 Å². The van der Waals surface area contributed by atoms with Gasteiger partial charge in [0.15, 0.2) is 0 Å². The zero-order valence-electron chi connectivity index (χ0n) is 13.9. The lowest BCUT2D eigenvalue weighted by Crippen LogP contribution is -2.44. The van der Waals surface area contributed by atoms with Crippen molar-refractivity contribution >= 4 is 17.5 Å². The summed E-state index contributed by atoms with van der Waals surface area (Å²) in [5.41, 5.74) is 1.18. The third kappa shape index (κ3) is 4.70. The summed E-state index contributed by atoms with van der Waals surface area (Å²) in [6.07, 6.45) is 2.30. The molecule has 2 atom stereocenters. The normalized spacial score (nSPS) is 25.8. The van der Waals surface area contributed by atoms with E-state index in [1.807, 2.05) is 18.2 Å². The first-order valence-electron chi connectivity index (χ1n) is 8.76. The lowest BCUT2D eigenvalue weighted by atomic mass is 9.96. The van der Waals surface area contributed by atoms with Crippen LogP contribution in [0.5, 0.6) is 0 Å². The van der Waals surface area contributed by atoms with Crippen molar-refractivity contribution in [2.45, 2.75) is 38.0 Å². The van der Waals surface area contributed by atoms with Crippen LogP contribution in [0.15, 0.2) is 24.3 Å². The van der Waals surface area contributed by atoms with Gasteiger partial charge < -0.3 is 15.7 Å². The van der Waals surface area contributed by atoms with Crippen molar-refractivity contribution in [2.75, 3.05) is 26.2 Å². The highest BCUT2D eigenvalue weighted by molar-refractivity contribution is 6.31. The second-order valence-electron chi connectivity index (χ2n) is 6.91. The number of aliphatic hydroxyl groups is 1. The van der Waals surface area contributed by atoms with Gasteiger partial charge in [0.05, 0.1) is 12.1 Å². The van der Waals surface area contributed by atoms with Gasteiger partial charge in [-0.25, -0.2) is 0 Å². The summed E-state index contributed by atoms with van der Waals surface area (Å²) < 4.78 is 0. The van der Waals surface area contributed by atoms with E-state index < -0.39 is 6.10 Å². The summed E-state index contributed by atoms with van der Waals surface area (Å²) in [7, 11) is 0. The van der Waals surface area contributed by atoms with Crippen molar-refractivity contribution in [3.63, 3.8) is 0 Å². The maximum atomic E-state index is 12.1. The van der Waals surface area contributed by atoms with Gasteiger partial charge in [-0.15, -0.1) is 0 Å². The fourth-order valence-electron chi connectivity index (χ4n) is 3.50. The van der Waals surface area contributed by atoms with E-state index in [-0.39, 0.29) is 11.9 Å². The molecule has 0 radical (unpaired) electrons. The molecule has 2 aliphatic rings. The minimum atomic E-state index is -0.395. The average molecular weight is 352 g/mol. The first kappa shape index (κ1) is 17.7. The molecule has 2 aliphatic heterocycles. The minimum Gasteiger partial charge on any atom is -0.392 e. The number of β-amino-alcohol motifs (C(OH)–C–C–N with tert-alkyl or cyclic N) is 1. The van der Waals surface area contributed by atoms with Crippen LogP contribution in [0, 0.1) is 5.92 Å². The van der Waals surface area contributed by atoms with E-state index in [1.165, 1.54) is 5.56 Å². The molecule has 24 heavy (non-hydrogen) atoms. The van der Waals surface area contributed by atoms with Crippen LogP contribution >= 0.6 is 11.6 Å². The first-order valence-corrected chi connectivity index (χ1v) is 9.14. The highest BCUT2D eigenvalue weighted by Gasteiger charge is 2.28. The van der Waals surface area contributed by atoms with E-state index in [4.69, 9.17) is 11.6 Å². The second-order valence-corrected chi connectivity index (χ2v) is 7.31. The number of benzene rings is 1. The molecule has 5 nitrogen and oxygen atoms in total. The highest BCUT2D eigenvalue weighted by atomic mass is 35.5. The first-order chi connectivity index (χ1) is 11.6. The van der Waals surface area contributed by atoms with Crippen molar-refractivity contribution in [2.24, 2.45) is 5.92 Å². The van der Waals surface area contributed by atoms with E-state index in [2.05, 4.69) is 21.6 Å². The highest BCUT2D eigenvalue weighted by Crippen LogP contribution is 2.22.